The van der Waals surface area contributed by atoms with E-state index in [1.54, 1.807) is 7.11 Å². The maximum absolute atomic E-state index is 11.6. The minimum atomic E-state index is 0.206. The first-order valence-corrected chi connectivity index (χ1v) is 6.26. The molecule has 0 aliphatic heterocycles. The predicted octanol–water partition coefficient (Wildman–Crippen LogP) is 1.64. The van der Waals surface area contributed by atoms with Gasteiger partial charge in [0.05, 0.1) is 13.2 Å². The van der Waals surface area contributed by atoms with E-state index in [1.165, 1.54) is 3.57 Å². The van der Waals surface area contributed by atoms with Crippen LogP contribution in [0.1, 0.15) is 5.56 Å². The normalized spacial score (nSPS) is 10.4. The van der Waals surface area contributed by atoms with Crippen LogP contribution in [0.4, 0.5) is 0 Å². The second-order valence-electron chi connectivity index (χ2n) is 3.51. The van der Waals surface area contributed by atoms with E-state index in [9.17, 15) is 4.79 Å². The van der Waals surface area contributed by atoms with Gasteiger partial charge in [-0.15, -0.1) is 0 Å². The Labute approximate surface area is 110 Å². The lowest BCUT2D eigenvalue weighted by molar-refractivity contribution is -0.117. The first kappa shape index (κ1) is 13.6. The highest BCUT2D eigenvalue weighted by molar-refractivity contribution is 14.1. The van der Waals surface area contributed by atoms with Crippen molar-refractivity contribution < 1.29 is 9.53 Å². The van der Waals surface area contributed by atoms with E-state index >= 15 is 0 Å². The minimum absolute atomic E-state index is 0.206. The Morgan fingerprint density at radius 2 is 2.06 bits per heavy atom. The van der Waals surface area contributed by atoms with Crippen LogP contribution < -0.4 is 5.32 Å². The van der Waals surface area contributed by atoms with Crippen LogP contribution in [0.3, 0.4) is 0 Å². The van der Waals surface area contributed by atoms with Crippen molar-refractivity contribution in [3.63, 3.8) is 0 Å². The van der Waals surface area contributed by atoms with Crippen LogP contribution in [0.25, 0.3) is 0 Å². The molecule has 0 radical (unpaired) electrons. The first-order valence-electron chi connectivity index (χ1n) is 5.18. The quantitative estimate of drug-likeness (QED) is 0.609. The van der Waals surface area contributed by atoms with E-state index in [0.29, 0.717) is 19.6 Å². The molecule has 0 aliphatic rings. The predicted molar refractivity (Wildman–Crippen MR) is 72.6 cm³/mol. The lowest BCUT2D eigenvalue weighted by Gasteiger charge is -2.03. The molecule has 0 saturated heterocycles. The second kappa shape index (κ2) is 7.76. The van der Waals surface area contributed by atoms with Gasteiger partial charge in [-0.25, -0.2) is 0 Å². The summed E-state index contributed by atoms with van der Waals surface area (Å²) >= 11 is 2.25. The third-order valence-electron chi connectivity index (χ3n) is 2.12. The Morgan fingerprint density at radius 1 is 1.38 bits per heavy atom. The van der Waals surface area contributed by atoms with Gasteiger partial charge in [0.25, 0.3) is 0 Å². The number of carbonyl (C=O) groups is 1. The van der Waals surface area contributed by atoms with Crippen LogP contribution in [-0.4, -0.2) is 32.6 Å². The van der Waals surface area contributed by atoms with E-state index < -0.39 is 0 Å². The molecule has 0 aromatic heterocycles. The maximum Gasteiger partial charge on any atom is 0.150 e. The van der Waals surface area contributed by atoms with Crippen molar-refractivity contribution in [3.8, 4) is 0 Å². The van der Waals surface area contributed by atoms with Crippen molar-refractivity contribution in [1.29, 1.82) is 0 Å². The molecule has 16 heavy (non-hydrogen) atoms. The number of carbonyl (C=O) groups excluding carboxylic acids is 1. The summed E-state index contributed by atoms with van der Waals surface area (Å²) in [7, 11) is 1.65. The van der Waals surface area contributed by atoms with Crippen LogP contribution >= 0.6 is 22.6 Å². The van der Waals surface area contributed by atoms with Gasteiger partial charge in [-0.1, -0.05) is 12.1 Å². The molecule has 1 N–H and O–H groups in total. The summed E-state index contributed by atoms with van der Waals surface area (Å²) in [4.78, 5) is 11.6. The maximum atomic E-state index is 11.6. The third kappa shape index (κ3) is 5.58. The number of ketones is 1. The van der Waals surface area contributed by atoms with E-state index in [2.05, 4.69) is 27.9 Å². The number of benzene rings is 1. The fraction of sp³-hybridized carbons (Fsp3) is 0.417. The average Bonchev–Trinajstić information content (AvgIpc) is 2.28. The van der Waals surface area contributed by atoms with E-state index in [4.69, 9.17) is 4.74 Å². The van der Waals surface area contributed by atoms with Crippen molar-refractivity contribution in [2.75, 3.05) is 26.8 Å². The van der Waals surface area contributed by atoms with Gasteiger partial charge in [0.1, 0.15) is 0 Å². The number of hydrogen-bond acceptors (Lipinski definition) is 3. The van der Waals surface area contributed by atoms with Gasteiger partial charge in [-0.2, -0.15) is 0 Å². The molecule has 0 spiro atoms. The van der Waals surface area contributed by atoms with Gasteiger partial charge >= 0.3 is 0 Å². The Balaban J connectivity index is 2.26. The SMILES string of the molecule is COCCNCC(=O)Cc1ccc(I)cc1. The fourth-order valence-corrected chi connectivity index (χ4v) is 1.65. The molecule has 4 heteroatoms. The number of Topliss-reactive ketones (excluding diaryl/α,β-unsaturated/α-hetero) is 1. The Hall–Kier alpha value is -0.460. The highest BCUT2D eigenvalue weighted by Crippen LogP contribution is 2.07. The topological polar surface area (TPSA) is 38.3 Å². The summed E-state index contributed by atoms with van der Waals surface area (Å²) in [6, 6.07) is 8.02. The van der Waals surface area contributed by atoms with E-state index in [-0.39, 0.29) is 5.78 Å². The van der Waals surface area contributed by atoms with Gasteiger partial charge in [0.15, 0.2) is 5.78 Å². The van der Waals surface area contributed by atoms with Gasteiger partial charge < -0.3 is 10.1 Å². The number of halogens is 1. The minimum Gasteiger partial charge on any atom is -0.383 e. The number of nitrogens with one attached hydrogen (secondary N) is 1. The Bertz CT molecular complexity index is 324. The Kier molecular flexibility index (Phi) is 6.59. The van der Waals surface area contributed by atoms with Gasteiger partial charge in [-0.3, -0.25) is 4.79 Å². The Morgan fingerprint density at radius 3 is 2.69 bits per heavy atom. The van der Waals surface area contributed by atoms with Crippen LogP contribution in [0.15, 0.2) is 24.3 Å². The number of hydrogen-bond donors (Lipinski definition) is 1. The summed E-state index contributed by atoms with van der Waals surface area (Å²) < 4.78 is 6.07. The summed E-state index contributed by atoms with van der Waals surface area (Å²) in [6.07, 6.45) is 0.497. The van der Waals surface area contributed by atoms with Gasteiger partial charge in [-0.05, 0) is 40.3 Å². The molecular weight excluding hydrogens is 317 g/mol. The summed E-state index contributed by atoms with van der Waals surface area (Å²) in [5, 5.41) is 3.04. The summed E-state index contributed by atoms with van der Waals surface area (Å²) in [5.74, 6) is 0.206. The molecule has 88 valence electrons. The van der Waals surface area contributed by atoms with E-state index in [0.717, 1.165) is 12.1 Å². The van der Waals surface area contributed by atoms with Crippen molar-refractivity contribution in [3.05, 3.63) is 33.4 Å². The zero-order valence-electron chi connectivity index (χ0n) is 9.33. The molecule has 0 heterocycles. The molecule has 1 aromatic rings. The third-order valence-corrected chi connectivity index (χ3v) is 2.84. The van der Waals surface area contributed by atoms with Crippen LogP contribution in [0, 0.1) is 3.57 Å². The molecule has 3 nitrogen and oxygen atoms in total. The molecule has 0 aliphatic carbocycles. The molecule has 0 amide bonds. The highest BCUT2D eigenvalue weighted by Gasteiger charge is 2.02. The van der Waals surface area contributed by atoms with Crippen molar-refractivity contribution in [2.45, 2.75) is 6.42 Å². The largest absolute Gasteiger partial charge is 0.383 e. The summed E-state index contributed by atoms with van der Waals surface area (Å²) in [5.41, 5.74) is 1.07. The molecule has 1 rings (SSSR count). The van der Waals surface area contributed by atoms with Gasteiger partial charge in [0, 0.05) is 23.6 Å². The van der Waals surface area contributed by atoms with Crippen molar-refractivity contribution in [2.24, 2.45) is 0 Å². The molecule has 0 fully saturated rings. The van der Waals surface area contributed by atoms with Crippen molar-refractivity contribution in [1.82, 2.24) is 5.32 Å². The smallest absolute Gasteiger partial charge is 0.150 e. The molecular formula is C12H16INO2. The van der Waals surface area contributed by atoms with Crippen LogP contribution in [-0.2, 0) is 16.0 Å². The van der Waals surface area contributed by atoms with Gasteiger partial charge in [0.2, 0.25) is 0 Å². The molecule has 0 unspecified atom stereocenters. The lowest BCUT2D eigenvalue weighted by atomic mass is 10.1. The first-order chi connectivity index (χ1) is 7.72. The van der Waals surface area contributed by atoms with Crippen molar-refractivity contribution >= 4 is 28.4 Å². The van der Waals surface area contributed by atoms with Crippen LogP contribution in [0.5, 0.6) is 0 Å². The zero-order valence-corrected chi connectivity index (χ0v) is 11.5. The van der Waals surface area contributed by atoms with E-state index in [1.807, 2.05) is 24.3 Å². The molecule has 0 bridgehead atoms. The number of ether oxygens (including phenoxy) is 1. The zero-order chi connectivity index (χ0) is 11.8. The standard InChI is InChI=1S/C12H16INO2/c1-16-7-6-14-9-12(15)8-10-2-4-11(13)5-3-10/h2-5,14H,6-9H2,1H3. The highest BCUT2D eigenvalue weighted by atomic mass is 127. The number of methoxy groups -OCH3 is 1. The van der Waals surface area contributed by atoms with Crippen LogP contribution in [0.2, 0.25) is 0 Å². The number of rotatable bonds is 7. The lowest BCUT2D eigenvalue weighted by Crippen LogP contribution is -2.27. The summed E-state index contributed by atoms with van der Waals surface area (Å²) in [6.45, 7) is 1.76. The average molecular weight is 333 g/mol. The molecule has 1 aromatic carbocycles. The monoisotopic (exact) mass is 333 g/mol. The molecule has 0 atom stereocenters. The fourth-order valence-electron chi connectivity index (χ4n) is 1.29. The second-order valence-corrected chi connectivity index (χ2v) is 4.76. The molecule has 0 saturated carbocycles.